The van der Waals surface area contributed by atoms with Crippen LogP contribution in [0.5, 0.6) is 0 Å². The van der Waals surface area contributed by atoms with E-state index in [-0.39, 0.29) is 5.91 Å². The fraction of sp³-hybridized carbons (Fsp3) is 0.938. The zero-order valence-electron chi connectivity index (χ0n) is 12.5. The van der Waals surface area contributed by atoms with Gasteiger partial charge in [0.2, 0.25) is 5.91 Å². The first-order valence-corrected chi connectivity index (χ1v) is 7.99. The van der Waals surface area contributed by atoms with E-state index < -0.39 is 5.60 Å². The first-order chi connectivity index (χ1) is 8.98. The molecule has 110 valence electrons. The number of rotatable bonds is 4. The molecule has 1 N–H and O–H groups in total. The van der Waals surface area contributed by atoms with Gasteiger partial charge in [0.25, 0.3) is 0 Å². The number of likely N-dealkylation sites (tertiary alicyclic amines) is 1. The van der Waals surface area contributed by atoms with Crippen molar-refractivity contribution in [2.24, 2.45) is 11.8 Å². The Morgan fingerprint density at radius 1 is 1.32 bits per heavy atom. The van der Waals surface area contributed by atoms with Crippen LogP contribution < -0.4 is 0 Å². The molecule has 1 unspecified atom stereocenters. The molecule has 1 saturated carbocycles. The van der Waals surface area contributed by atoms with Crippen molar-refractivity contribution >= 4 is 5.91 Å². The lowest BCUT2D eigenvalue weighted by Crippen LogP contribution is -2.43. The van der Waals surface area contributed by atoms with E-state index in [0.29, 0.717) is 18.3 Å². The molecule has 0 aromatic heterocycles. The van der Waals surface area contributed by atoms with Gasteiger partial charge in [-0.05, 0) is 43.9 Å². The number of amides is 1. The lowest BCUT2D eigenvalue weighted by atomic mass is 9.89. The topological polar surface area (TPSA) is 40.5 Å². The first-order valence-electron chi connectivity index (χ1n) is 7.99. The van der Waals surface area contributed by atoms with Crippen LogP contribution in [0.4, 0.5) is 0 Å². The second kappa shape index (κ2) is 6.25. The van der Waals surface area contributed by atoms with Crippen LogP contribution in [0.2, 0.25) is 0 Å². The average Bonchev–Trinajstić information content (AvgIpc) is 2.75. The summed E-state index contributed by atoms with van der Waals surface area (Å²) in [5, 5.41) is 10.4. The zero-order chi connectivity index (χ0) is 13.9. The molecule has 2 aliphatic rings. The maximum absolute atomic E-state index is 12.4. The van der Waals surface area contributed by atoms with E-state index in [1.54, 1.807) is 0 Å². The first kappa shape index (κ1) is 14.8. The summed E-state index contributed by atoms with van der Waals surface area (Å²) in [6.45, 7) is 6.31. The molecule has 0 spiro atoms. The summed E-state index contributed by atoms with van der Waals surface area (Å²) in [5.74, 6) is 1.55. The van der Waals surface area contributed by atoms with Crippen LogP contribution in [0.25, 0.3) is 0 Å². The van der Waals surface area contributed by atoms with E-state index >= 15 is 0 Å². The Morgan fingerprint density at radius 2 is 2.00 bits per heavy atom. The summed E-state index contributed by atoms with van der Waals surface area (Å²) in [6.07, 6.45) is 7.70. The second-order valence-electron chi connectivity index (χ2n) is 7.09. The predicted octanol–water partition coefficient (Wildman–Crippen LogP) is 2.97. The molecule has 0 radical (unpaired) electrons. The zero-order valence-corrected chi connectivity index (χ0v) is 12.5. The lowest BCUT2D eigenvalue weighted by molar-refractivity contribution is -0.138. The Hall–Kier alpha value is -0.570. The van der Waals surface area contributed by atoms with Gasteiger partial charge in [-0.1, -0.05) is 26.7 Å². The number of piperidine rings is 1. The van der Waals surface area contributed by atoms with Crippen LogP contribution in [0, 0.1) is 11.8 Å². The number of hydrogen-bond acceptors (Lipinski definition) is 2. The molecule has 1 amide bonds. The minimum atomic E-state index is -0.692. The quantitative estimate of drug-likeness (QED) is 0.850. The van der Waals surface area contributed by atoms with Gasteiger partial charge >= 0.3 is 0 Å². The summed E-state index contributed by atoms with van der Waals surface area (Å²) >= 11 is 0. The molecule has 1 aliphatic heterocycles. The van der Waals surface area contributed by atoms with Crippen molar-refractivity contribution in [3.05, 3.63) is 0 Å². The molecule has 19 heavy (non-hydrogen) atoms. The van der Waals surface area contributed by atoms with Gasteiger partial charge in [-0.2, -0.15) is 0 Å². The normalized spacial score (nSPS) is 26.9. The van der Waals surface area contributed by atoms with Crippen LogP contribution in [0.1, 0.15) is 65.2 Å². The molecule has 1 saturated heterocycles. The molecule has 3 nitrogen and oxygen atoms in total. The van der Waals surface area contributed by atoms with Crippen molar-refractivity contribution in [1.82, 2.24) is 4.90 Å². The molecular weight excluding hydrogens is 238 g/mol. The lowest BCUT2D eigenvalue weighted by Gasteiger charge is -2.35. The Labute approximate surface area is 117 Å². The molecule has 2 rings (SSSR count). The van der Waals surface area contributed by atoms with Gasteiger partial charge in [-0.15, -0.1) is 0 Å². The smallest absolute Gasteiger partial charge is 0.225 e. The Morgan fingerprint density at radius 3 is 2.63 bits per heavy atom. The fourth-order valence-electron chi connectivity index (χ4n) is 3.75. The highest BCUT2D eigenvalue weighted by Gasteiger charge is 2.35. The number of aliphatic hydroxyl groups is 1. The summed E-state index contributed by atoms with van der Waals surface area (Å²) in [5.41, 5.74) is -0.692. The number of nitrogens with zero attached hydrogens (tertiary/aromatic N) is 1. The minimum Gasteiger partial charge on any atom is -0.389 e. The number of carbonyl (C=O) groups is 1. The maximum atomic E-state index is 12.4. The molecule has 0 aromatic rings. The highest BCUT2D eigenvalue weighted by molar-refractivity contribution is 5.77. The molecule has 1 atom stereocenters. The van der Waals surface area contributed by atoms with Gasteiger partial charge in [0, 0.05) is 13.1 Å². The average molecular weight is 267 g/mol. The Balaban J connectivity index is 1.84. The summed E-state index contributed by atoms with van der Waals surface area (Å²) in [7, 11) is 0. The highest BCUT2D eigenvalue weighted by Crippen LogP contribution is 2.33. The van der Waals surface area contributed by atoms with Crippen LogP contribution in [-0.2, 0) is 4.79 Å². The SMILES string of the molecule is CC(C)CC1CCCN(C(=O)CC2(O)CCCC2)C1. The highest BCUT2D eigenvalue weighted by atomic mass is 16.3. The minimum absolute atomic E-state index is 0.179. The van der Waals surface area contributed by atoms with E-state index in [1.165, 1.54) is 12.8 Å². The third kappa shape index (κ3) is 4.20. The Kier molecular flexibility index (Phi) is 4.88. The second-order valence-corrected chi connectivity index (χ2v) is 7.09. The van der Waals surface area contributed by atoms with E-state index in [2.05, 4.69) is 13.8 Å². The molecule has 1 heterocycles. The molecule has 0 aromatic carbocycles. The summed E-state index contributed by atoms with van der Waals surface area (Å²) < 4.78 is 0. The maximum Gasteiger partial charge on any atom is 0.225 e. The third-order valence-corrected chi connectivity index (χ3v) is 4.69. The van der Waals surface area contributed by atoms with Gasteiger partial charge in [0.15, 0.2) is 0 Å². The molecule has 0 bridgehead atoms. The van der Waals surface area contributed by atoms with Gasteiger partial charge in [0.05, 0.1) is 12.0 Å². The van der Waals surface area contributed by atoms with Gasteiger partial charge in [0.1, 0.15) is 0 Å². The number of carbonyl (C=O) groups excluding carboxylic acids is 1. The monoisotopic (exact) mass is 267 g/mol. The predicted molar refractivity (Wildman–Crippen MR) is 76.8 cm³/mol. The summed E-state index contributed by atoms with van der Waals surface area (Å²) in [4.78, 5) is 14.4. The van der Waals surface area contributed by atoms with Crippen LogP contribution in [0.15, 0.2) is 0 Å². The van der Waals surface area contributed by atoms with Crippen molar-refractivity contribution in [2.45, 2.75) is 70.8 Å². The van der Waals surface area contributed by atoms with E-state index in [0.717, 1.165) is 45.2 Å². The van der Waals surface area contributed by atoms with E-state index in [9.17, 15) is 9.90 Å². The number of hydrogen-bond donors (Lipinski definition) is 1. The van der Waals surface area contributed by atoms with Crippen LogP contribution in [0.3, 0.4) is 0 Å². The van der Waals surface area contributed by atoms with Crippen molar-refractivity contribution in [2.75, 3.05) is 13.1 Å². The van der Waals surface area contributed by atoms with Gasteiger partial charge in [-0.3, -0.25) is 4.79 Å². The van der Waals surface area contributed by atoms with E-state index in [1.807, 2.05) is 4.90 Å². The molecule has 3 heteroatoms. The van der Waals surface area contributed by atoms with Crippen molar-refractivity contribution in [1.29, 1.82) is 0 Å². The molecule has 2 fully saturated rings. The standard InChI is InChI=1S/C16H29NO2/c1-13(2)10-14-6-5-9-17(12-14)15(18)11-16(19)7-3-4-8-16/h13-14,19H,3-12H2,1-2H3. The summed E-state index contributed by atoms with van der Waals surface area (Å²) in [6, 6.07) is 0. The van der Waals surface area contributed by atoms with Crippen molar-refractivity contribution in [3.63, 3.8) is 0 Å². The Bertz CT molecular complexity index is 308. The van der Waals surface area contributed by atoms with Gasteiger partial charge < -0.3 is 10.0 Å². The van der Waals surface area contributed by atoms with Gasteiger partial charge in [-0.25, -0.2) is 0 Å². The third-order valence-electron chi connectivity index (χ3n) is 4.69. The van der Waals surface area contributed by atoms with E-state index in [4.69, 9.17) is 0 Å². The molecule has 1 aliphatic carbocycles. The molecular formula is C16H29NO2. The van der Waals surface area contributed by atoms with Crippen LogP contribution >= 0.6 is 0 Å². The largest absolute Gasteiger partial charge is 0.389 e. The fourth-order valence-corrected chi connectivity index (χ4v) is 3.75. The van der Waals surface area contributed by atoms with Crippen LogP contribution in [-0.4, -0.2) is 34.6 Å². The van der Waals surface area contributed by atoms with Crippen molar-refractivity contribution < 1.29 is 9.90 Å². The van der Waals surface area contributed by atoms with Crippen molar-refractivity contribution in [3.8, 4) is 0 Å².